The maximum absolute atomic E-state index is 11.6. The lowest BCUT2D eigenvalue weighted by molar-refractivity contribution is -0.119. The Morgan fingerprint density at radius 1 is 1.33 bits per heavy atom. The second-order valence-corrected chi connectivity index (χ2v) is 4.64. The minimum Gasteiger partial charge on any atom is -0.383 e. The van der Waals surface area contributed by atoms with Crippen molar-refractivity contribution in [2.45, 2.75) is 17.3 Å². The fourth-order valence-corrected chi connectivity index (χ4v) is 1.80. The van der Waals surface area contributed by atoms with Crippen molar-refractivity contribution in [3.8, 4) is 0 Å². The molecule has 0 saturated carbocycles. The molecule has 1 atom stereocenters. The Hall–Kier alpha value is -2.03. The van der Waals surface area contributed by atoms with Gasteiger partial charge in [0.15, 0.2) is 5.16 Å². The second-order valence-electron chi connectivity index (χ2n) is 3.33. The number of nitrogens with one attached hydrogen (secondary N) is 2. The van der Waals surface area contributed by atoms with E-state index in [2.05, 4.69) is 20.6 Å². The van der Waals surface area contributed by atoms with Gasteiger partial charge in [0.1, 0.15) is 11.6 Å². The molecule has 9 heteroatoms. The Morgan fingerprint density at radius 3 is 2.39 bits per heavy atom. The van der Waals surface area contributed by atoms with Gasteiger partial charge in [0.2, 0.25) is 5.91 Å². The van der Waals surface area contributed by atoms with Crippen molar-refractivity contribution < 1.29 is 9.59 Å². The zero-order valence-corrected chi connectivity index (χ0v) is 10.7. The maximum atomic E-state index is 11.6. The summed E-state index contributed by atoms with van der Waals surface area (Å²) in [6.45, 7) is 1.62. The lowest BCUT2D eigenvalue weighted by Gasteiger charge is -2.10. The summed E-state index contributed by atoms with van der Waals surface area (Å²) in [5.41, 5.74) is 11.0. The molecule has 6 N–H and O–H groups in total. The van der Waals surface area contributed by atoms with E-state index in [0.29, 0.717) is 0 Å². The average molecular weight is 270 g/mol. The number of carbonyl (C=O) groups is 2. The first-order valence-corrected chi connectivity index (χ1v) is 5.89. The number of nitrogens with two attached hydrogens (primary N) is 2. The normalized spacial score (nSPS) is 11.7. The summed E-state index contributed by atoms with van der Waals surface area (Å²) >= 11 is 1.06. The lowest BCUT2D eigenvalue weighted by Crippen LogP contribution is -2.41. The van der Waals surface area contributed by atoms with E-state index in [-0.39, 0.29) is 16.8 Å². The van der Waals surface area contributed by atoms with Crippen LogP contribution in [0.1, 0.15) is 6.92 Å². The van der Waals surface area contributed by atoms with E-state index in [1.54, 1.807) is 6.92 Å². The molecule has 0 aliphatic rings. The Balaban J connectivity index is 2.66. The van der Waals surface area contributed by atoms with E-state index in [4.69, 9.17) is 11.5 Å². The van der Waals surface area contributed by atoms with Crippen LogP contribution in [0.5, 0.6) is 0 Å². The number of hydrogen-bond acceptors (Lipinski definition) is 7. The molecule has 98 valence electrons. The summed E-state index contributed by atoms with van der Waals surface area (Å²) in [7, 11) is 1.42. The van der Waals surface area contributed by atoms with Crippen molar-refractivity contribution in [1.82, 2.24) is 20.6 Å². The Morgan fingerprint density at radius 2 is 1.89 bits per heavy atom. The third-order valence-corrected chi connectivity index (χ3v) is 2.82. The van der Waals surface area contributed by atoms with Gasteiger partial charge in [-0.15, -0.1) is 0 Å². The topological polar surface area (TPSA) is 136 Å². The fourth-order valence-electron chi connectivity index (χ4n) is 1.00. The largest absolute Gasteiger partial charge is 0.383 e. The highest BCUT2D eigenvalue weighted by Crippen LogP contribution is 2.21. The van der Waals surface area contributed by atoms with E-state index < -0.39 is 17.2 Å². The molecule has 18 heavy (non-hydrogen) atoms. The molecule has 3 amide bonds. The number of carbonyl (C=O) groups excluding carboxylic acids is 2. The van der Waals surface area contributed by atoms with Gasteiger partial charge >= 0.3 is 6.03 Å². The predicted octanol–water partition coefficient (Wildman–Crippen LogP) is -0.423. The number of imide groups is 1. The molecule has 1 aromatic rings. The van der Waals surface area contributed by atoms with E-state index in [0.717, 1.165) is 11.8 Å². The maximum Gasteiger partial charge on any atom is 0.321 e. The van der Waals surface area contributed by atoms with Crippen LogP contribution in [0.2, 0.25) is 0 Å². The van der Waals surface area contributed by atoms with Crippen LogP contribution < -0.4 is 22.1 Å². The monoisotopic (exact) mass is 270 g/mol. The first-order chi connectivity index (χ1) is 8.42. The van der Waals surface area contributed by atoms with Crippen molar-refractivity contribution >= 4 is 35.3 Å². The first-order valence-electron chi connectivity index (χ1n) is 5.01. The van der Waals surface area contributed by atoms with Crippen molar-refractivity contribution in [1.29, 1.82) is 0 Å². The van der Waals surface area contributed by atoms with Gasteiger partial charge in [0.25, 0.3) is 0 Å². The molecule has 1 aromatic heterocycles. The fraction of sp³-hybridized carbons (Fsp3) is 0.333. The van der Waals surface area contributed by atoms with Crippen LogP contribution in [0.15, 0.2) is 11.2 Å². The molecule has 0 radical (unpaired) electrons. The molecule has 1 heterocycles. The highest BCUT2D eigenvalue weighted by Gasteiger charge is 2.18. The number of thioether (sulfide) groups is 1. The number of anilines is 2. The molecule has 0 fully saturated rings. The number of nitrogens with zero attached hydrogens (tertiary/aromatic N) is 2. The Labute approximate surface area is 108 Å². The standard InChI is InChI=1S/C9H14N6O2S/c1-4(7(16)15-8(17)12-2)18-9-13-5(10)3-6(11)14-9/h3-4H,1-2H3,(H4,10,11,13,14)(H2,12,15,16,17). The van der Waals surface area contributed by atoms with Crippen LogP contribution >= 0.6 is 11.8 Å². The molecule has 0 saturated heterocycles. The van der Waals surface area contributed by atoms with Gasteiger partial charge in [0.05, 0.1) is 5.25 Å². The molecule has 1 rings (SSSR count). The third kappa shape index (κ3) is 4.09. The van der Waals surface area contributed by atoms with Crippen molar-refractivity contribution in [3.63, 3.8) is 0 Å². The van der Waals surface area contributed by atoms with Gasteiger partial charge in [-0.05, 0) is 6.92 Å². The lowest BCUT2D eigenvalue weighted by atomic mass is 10.4. The zero-order chi connectivity index (χ0) is 13.7. The quantitative estimate of drug-likeness (QED) is 0.432. The highest BCUT2D eigenvalue weighted by molar-refractivity contribution is 8.00. The van der Waals surface area contributed by atoms with Crippen molar-refractivity contribution in [2.24, 2.45) is 0 Å². The van der Waals surface area contributed by atoms with Crippen LogP contribution in [-0.2, 0) is 4.79 Å². The van der Waals surface area contributed by atoms with Gasteiger partial charge in [-0.1, -0.05) is 11.8 Å². The van der Waals surface area contributed by atoms with Gasteiger partial charge in [-0.3, -0.25) is 10.1 Å². The van der Waals surface area contributed by atoms with Gasteiger partial charge in [-0.25, -0.2) is 14.8 Å². The zero-order valence-electron chi connectivity index (χ0n) is 9.93. The van der Waals surface area contributed by atoms with Gasteiger partial charge < -0.3 is 16.8 Å². The van der Waals surface area contributed by atoms with Crippen LogP contribution in [0.25, 0.3) is 0 Å². The molecular weight excluding hydrogens is 256 g/mol. The first kappa shape index (κ1) is 14.0. The van der Waals surface area contributed by atoms with Gasteiger partial charge in [-0.2, -0.15) is 0 Å². The molecular formula is C9H14N6O2S. The third-order valence-electron chi connectivity index (χ3n) is 1.86. The number of rotatable bonds is 3. The van der Waals surface area contributed by atoms with E-state index in [1.807, 2.05) is 0 Å². The van der Waals surface area contributed by atoms with Crippen LogP contribution in [0.4, 0.5) is 16.4 Å². The minimum atomic E-state index is -0.569. The van der Waals surface area contributed by atoms with Crippen LogP contribution in [0.3, 0.4) is 0 Å². The SMILES string of the molecule is CNC(=O)NC(=O)C(C)Sc1nc(N)cc(N)n1. The number of hydrogen-bond donors (Lipinski definition) is 4. The predicted molar refractivity (Wildman–Crippen MR) is 68.8 cm³/mol. The Bertz CT molecular complexity index is 446. The van der Waals surface area contributed by atoms with E-state index in [9.17, 15) is 9.59 Å². The minimum absolute atomic E-state index is 0.226. The average Bonchev–Trinajstić information content (AvgIpc) is 2.27. The summed E-state index contributed by atoms with van der Waals surface area (Å²) in [6.07, 6.45) is 0. The summed E-state index contributed by atoms with van der Waals surface area (Å²) < 4.78 is 0. The summed E-state index contributed by atoms with van der Waals surface area (Å²) in [5, 5.41) is 4.16. The number of aromatic nitrogens is 2. The molecule has 0 aliphatic carbocycles. The molecule has 0 spiro atoms. The van der Waals surface area contributed by atoms with Crippen LogP contribution in [-0.4, -0.2) is 34.2 Å². The Kier molecular flexibility index (Phi) is 4.72. The smallest absolute Gasteiger partial charge is 0.321 e. The van der Waals surface area contributed by atoms with Crippen LogP contribution in [0, 0.1) is 0 Å². The van der Waals surface area contributed by atoms with Crippen molar-refractivity contribution in [3.05, 3.63) is 6.07 Å². The number of nitrogen functional groups attached to an aromatic ring is 2. The van der Waals surface area contributed by atoms with E-state index in [1.165, 1.54) is 13.1 Å². The molecule has 0 aromatic carbocycles. The molecule has 1 unspecified atom stereocenters. The van der Waals surface area contributed by atoms with Gasteiger partial charge in [0, 0.05) is 13.1 Å². The highest BCUT2D eigenvalue weighted by atomic mass is 32.2. The molecule has 8 nitrogen and oxygen atoms in total. The summed E-state index contributed by atoms with van der Waals surface area (Å²) in [5.74, 6) is -0.00300. The number of amides is 3. The van der Waals surface area contributed by atoms with Crippen molar-refractivity contribution in [2.75, 3.05) is 18.5 Å². The number of urea groups is 1. The summed E-state index contributed by atoms with van der Waals surface area (Å²) in [6, 6.07) is 0.847. The summed E-state index contributed by atoms with van der Waals surface area (Å²) in [4.78, 5) is 30.4. The van der Waals surface area contributed by atoms with E-state index >= 15 is 0 Å². The molecule has 0 bridgehead atoms. The second kappa shape index (κ2) is 6.05. The molecule has 0 aliphatic heterocycles.